The van der Waals surface area contributed by atoms with Gasteiger partial charge in [0.2, 0.25) is 0 Å². The van der Waals surface area contributed by atoms with Crippen molar-refractivity contribution in [2.24, 2.45) is 0 Å². The summed E-state index contributed by atoms with van der Waals surface area (Å²) in [5, 5.41) is 13.8. The summed E-state index contributed by atoms with van der Waals surface area (Å²) in [5.74, 6) is 0.988. The molecule has 4 nitrogen and oxygen atoms in total. The van der Waals surface area contributed by atoms with Crippen molar-refractivity contribution in [3.05, 3.63) is 33.9 Å². The van der Waals surface area contributed by atoms with Crippen LogP contribution in [0, 0.1) is 17.0 Å². The number of benzene rings is 1. The maximum Gasteiger partial charge on any atom is 0.271 e. The monoisotopic (exact) mass is 226 g/mol. The van der Waals surface area contributed by atoms with Crippen molar-refractivity contribution in [2.75, 3.05) is 23.9 Å². The fraction of sp³-hybridized carbons (Fsp3) is 0.400. The molecule has 0 aromatic heterocycles. The Bertz CT molecular complexity index is 355. The minimum atomic E-state index is -0.368. The largest absolute Gasteiger partial charge is 0.384 e. The molecule has 15 heavy (non-hydrogen) atoms. The summed E-state index contributed by atoms with van der Waals surface area (Å²) in [6.07, 6.45) is 2.03. The van der Waals surface area contributed by atoms with Crippen LogP contribution in [0.5, 0.6) is 0 Å². The lowest BCUT2D eigenvalue weighted by molar-refractivity contribution is -0.384. The van der Waals surface area contributed by atoms with Crippen molar-refractivity contribution in [1.82, 2.24) is 0 Å². The third kappa shape index (κ3) is 3.79. The molecule has 0 fully saturated rings. The Morgan fingerprint density at radius 3 is 2.80 bits per heavy atom. The van der Waals surface area contributed by atoms with Gasteiger partial charge in [0.15, 0.2) is 0 Å². The van der Waals surface area contributed by atoms with Gasteiger partial charge in [-0.1, -0.05) is 0 Å². The highest BCUT2D eigenvalue weighted by Crippen LogP contribution is 2.20. The van der Waals surface area contributed by atoms with Crippen molar-refractivity contribution in [2.45, 2.75) is 6.92 Å². The number of nitro groups is 1. The van der Waals surface area contributed by atoms with E-state index >= 15 is 0 Å². The number of thioether (sulfide) groups is 1. The Labute approximate surface area is 93.2 Å². The molecular formula is C10H14N2O2S. The lowest BCUT2D eigenvalue weighted by Crippen LogP contribution is -2.04. The van der Waals surface area contributed by atoms with Gasteiger partial charge in [-0.2, -0.15) is 11.8 Å². The lowest BCUT2D eigenvalue weighted by atomic mass is 10.2. The molecule has 1 aromatic rings. The highest BCUT2D eigenvalue weighted by atomic mass is 32.2. The van der Waals surface area contributed by atoms with Gasteiger partial charge in [-0.25, -0.2) is 0 Å². The predicted molar refractivity (Wildman–Crippen MR) is 64.7 cm³/mol. The molecule has 0 unspecified atom stereocenters. The Kier molecular flexibility index (Phi) is 4.42. The topological polar surface area (TPSA) is 55.2 Å². The van der Waals surface area contributed by atoms with Crippen LogP contribution in [0.25, 0.3) is 0 Å². The minimum Gasteiger partial charge on any atom is -0.384 e. The van der Waals surface area contributed by atoms with Crippen LogP contribution < -0.4 is 5.32 Å². The Morgan fingerprint density at radius 1 is 1.47 bits per heavy atom. The molecule has 0 heterocycles. The van der Waals surface area contributed by atoms with Gasteiger partial charge in [-0.3, -0.25) is 10.1 Å². The summed E-state index contributed by atoms with van der Waals surface area (Å²) >= 11 is 1.74. The Balaban J connectivity index is 2.75. The van der Waals surface area contributed by atoms with Crippen LogP contribution in [-0.4, -0.2) is 23.5 Å². The molecular weight excluding hydrogens is 212 g/mol. The van der Waals surface area contributed by atoms with E-state index in [1.54, 1.807) is 23.9 Å². The van der Waals surface area contributed by atoms with Gasteiger partial charge >= 0.3 is 0 Å². The number of nitrogens with zero attached hydrogens (tertiary/aromatic N) is 1. The molecule has 0 aliphatic carbocycles. The van der Waals surface area contributed by atoms with E-state index in [2.05, 4.69) is 5.32 Å². The first-order valence-electron chi connectivity index (χ1n) is 4.62. The van der Waals surface area contributed by atoms with E-state index < -0.39 is 0 Å². The van der Waals surface area contributed by atoms with E-state index in [1.165, 1.54) is 0 Å². The number of rotatable bonds is 5. The molecule has 1 N–H and O–H groups in total. The summed E-state index contributed by atoms with van der Waals surface area (Å²) in [6, 6.07) is 5.04. The third-order valence-electron chi connectivity index (χ3n) is 1.91. The molecule has 0 aliphatic rings. The van der Waals surface area contributed by atoms with E-state index in [4.69, 9.17) is 0 Å². The van der Waals surface area contributed by atoms with E-state index in [-0.39, 0.29) is 10.6 Å². The zero-order chi connectivity index (χ0) is 11.3. The molecule has 0 amide bonds. The molecule has 0 atom stereocenters. The molecule has 0 saturated carbocycles. The summed E-state index contributed by atoms with van der Waals surface area (Å²) in [4.78, 5) is 10.2. The number of nitro benzene ring substituents is 1. The van der Waals surface area contributed by atoms with E-state index in [1.807, 2.05) is 19.2 Å². The van der Waals surface area contributed by atoms with Crippen LogP contribution >= 0.6 is 11.8 Å². The van der Waals surface area contributed by atoms with Crippen LogP contribution in [0.3, 0.4) is 0 Å². The fourth-order valence-electron chi connectivity index (χ4n) is 1.27. The molecule has 0 saturated heterocycles. The number of hydrogen-bond donors (Lipinski definition) is 1. The third-order valence-corrected chi connectivity index (χ3v) is 2.52. The fourth-order valence-corrected chi connectivity index (χ4v) is 1.57. The summed E-state index contributed by atoms with van der Waals surface area (Å²) < 4.78 is 0. The van der Waals surface area contributed by atoms with Crippen LogP contribution in [-0.2, 0) is 0 Å². The maximum atomic E-state index is 10.6. The maximum absolute atomic E-state index is 10.6. The second-order valence-corrected chi connectivity index (χ2v) is 4.22. The van der Waals surface area contributed by atoms with Gasteiger partial charge in [0.1, 0.15) is 0 Å². The van der Waals surface area contributed by atoms with Crippen LogP contribution in [0.1, 0.15) is 5.56 Å². The standard InChI is InChI=1S/C10H14N2O2S/c1-8-5-9(11-3-4-15-2)7-10(6-8)12(13)14/h5-7,11H,3-4H2,1-2H3. The number of hydrogen-bond acceptors (Lipinski definition) is 4. The van der Waals surface area contributed by atoms with Crippen LogP contribution in [0.4, 0.5) is 11.4 Å². The van der Waals surface area contributed by atoms with Crippen LogP contribution in [0.2, 0.25) is 0 Å². The molecule has 1 rings (SSSR count). The average Bonchev–Trinajstić information content (AvgIpc) is 2.17. The zero-order valence-corrected chi connectivity index (χ0v) is 9.63. The summed E-state index contributed by atoms with van der Waals surface area (Å²) in [6.45, 7) is 2.68. The molecule has 5 heteroatoms. The van der Waals surface area contributed by atoms with E-state index in [0.29, 0.717) is 0 Å². The lowest BCUT2D eigenvalue weighted by Gasteiger charge is -2.06. The Hall–Kier alpha value is -1.23. The minimum absolute atomic E-state index is 0.140. The Morgan fingerprint density at radius 2 is 2.20 bits per heavy atom. The van der Waals surface area contributed by atoms with Crippen molar-refractivity contribution < 1.29 is 4.92 Å². The van der Waals surface area contributed by atoms with E-state index in [9.17, 15) is 10.1 Å². The summed E-state index contributed by atoms with van der Waals surface area (Å²) in [5.41, 5.74) is 1.85. The van der Waals surface area contributed by atoms with E-state index in [0.717, 1.165) is 23.5 Å². The van der Waals surface area contributed by atoms with Crippen molar-refractivity contribution in [1.29, 1.82) is 0 Å². The first-order chi connectivity index (χ1) is 7.13. The predicted octanol–water partition coefficient (Wildman–Crippen LogP) is 2.68. The molecule has 0 radical (unpaired) electrons. The molecule has 82 valence electrons. The van der Waals surface area contributed by atoms with Crippen LogP contribution in [0.15, 0.2) is 18.2 Å². The molecule has 0 aliphatic heterocycles. The van der Waals surface area contributed by atoms with Gasteiger partial charge in [0.25, 0.3) is 5.69 Å². The molecule has 0 spiro atoms. The molecule has 1 aromatic carbocycles. The summed E-state index contributed by atoms with van der Waals surface area (Å²) in [7, 11) is 0. The first kappa shape index (κ1) is 11.8. The number of non-ortho nitro benzene ring substituents is 1. The first-order valence-corrected chi connectivity index (χ1v) is 6.02. The number of aryl methyl sites for hydroxylation is 1. The highest BCUT2D eigenvalue weighted by Gasteiger charge is 2.07. The number of anilines is 1. The normalized spacial score (nSPS) is 10.0. The van der Waals surface area contributed by atoms with Crippen molar-refractivity contribution >= 4 is 23.1 Å². The SMILES string of the molecule is CSCCNc1cc(C)cc([N+](=O)[O-])c1. The van der Waals surface area contributed by atoms with Gasteiger partial charge in [-0.15, -0.1) is 0 Å². The highest BCUT2D eigenvalue weighted by molar-refractivity contribution is 7.98. The van der Waals surface area contributed by atoms with Gasteiger partial charge in [0, 0.05) is 30.1 Å². The average molecular weight is 226 g/mol. The zero-order valence-electron chi connectivity index (χ0n) is 8.82. The number of nitrogens with one attached hydrogen (secondary N) is 1. The molecule has 0 bridgehead atoms. The van der Waals surface area contributed by atoms with Gasteiger partial charge < -0.3 is 5.32 Å². The van der Waals surface area contributed by atoms with Gasteiger partial charge in [0.05, 0.1) is 4.92 Å². The second kappa shape index (κ2) is 5.60. The van der Waals surface area contributed by atoms with Crippen molar-refractivity contribution in [3.8, 4) is 0 Å². The smallest absolute Gasteiger partial charge is 0.271 e. The van der Waals surface area contributed by atoms with Gasteiger partial charge in [-0.05, 0) is 24.8 Å². The van der Waals surface area contributed by atoms with Crippen molar-refractivity contribution in [3.63, 3.8) is 0 Å². The second-order valence-electron chi connectivity index (χ2n) is 3.23. The quantitative estimate of drug-likeness (QED) is 0.476.